The molecule has 0 radical (unpaired) electrons. The molecule has 0 heterocycles. The summed E-state index contributed by atoms with van der Waals surface area (Å²) in [5.74, 6) is 0.213. The van der Waals surface area contributed by atoms with Gasteiger partial charge in [0.05, 0.1) is 13.7 Å². The van der Waals surface area contributed by atoms with Crippen LogP contribution in [0.1, 0.15) is 21.5 Å². The highest BCUT2D eigenvalue weighted by molar-refractivity contribution is 5.97. The van der Waals surface area contributed by atoms with Crippen molar-refractivity contribution in [1.82, 2.24) is 10.6 Å². The number of hydrogen-bond donors (Lipinski definition) is 2. The van der Waals surface area contributed by atoms with Crippen molar-refractivity contribution >= 4 is 11.8 Å². The van der Waals surface area contributed by atoms with Crippen LogP contribution in [0, 0.1) is 6.92 Å². The Hall–Kier alpha value is -2.82. The number of ether oxygens (including phenoxy) is 1. The first-order chi connectivity index (χ1) is 11.1. The van der Waals surface area contributed by atoms with Crippen molar-refractivity contribution in [1.29, 1.82) is 0 Å². The molecule has 2 amide bonds. The molecule has 120 valence electrons. The number of para-hydroxylation sites is 1. The molecule has 2 aromatic carbocycles. The predicted octanol–water partition coefficient (Wildman–Crippen LogP) is 2.05. The Balaban J connectivity index is 1.84. The monoisotopic (exact) mass is 312 g/mol. The molecule has 5 nitrogen and oxygen atoms in total. The summed E-state index contributed by atoms with van der Waals surface area (Å²) < 4.78 is 5.23. The summed E-state index contributed by atoms with van der Waals surface area (Å²) in [6, 6.07) is 14.7. The van der Waals surface area contributed by atoms with Gasteiger partial charge in [-0.05, 0) is 24.6 Å². The molecule has 2 N–H and O–H groups in total. The number of aryl methyl sites for hydroxylation is 1. The van der Waals surface area contributed by atoms with Crippen LogP contribution < -0.4 is 15.4 Å². The maximum atomic E-state index is 12.0. The summed E-state index contributed by atoms with van der Waals surface area (Å²) in [4.78, 5) is 23.9. The summed E-state index contributed by atoms with van der Waals surface area (Å²) in [7, 11) is 1.59. The first kappa shape index (κ1) is 16.5. The number of benzene rings is 2. The van der Waals surface area contributed by atoms with Crippen LogP contribution in [-0.4, -0.2) is 25.5 Å². The van der Waals surface area contributed by atoms with E-state index in [1.54, 1.807) is 19.2 Å². The summed E-state index contributed by atoms with van der Waals surface area (Å²) in [5.41, 5.74) is 2.33. The minimum atomic E-state index is -0.254. The van der Waals surface area contributed by atoms with Crippen LogP contribution in [0.3, 0.4) is 0 Å². The largest absolute Gasteiger partial charge is 0.496 e. The first-order valence-corrected chi connectivity index (χ1v) is 7.34. The number of carbonyl (C=O) groups is 2. The van der Waals surface area contributed by atoms with Crippen LogP contribution in [0.2, 0.25) is 0 Å². The minimum Gasteiger partial charge on any atom is -0.496 e. The zero-order chi connectivity index (χ0) is 16.7. The Kier molecular flexibility index (Phi) is 5.74. The Morgan fingerprint density at radius 2 is 1.70 bits per heavy atom. The lowest BCUT2D eigenvalue weighted by atomic mass is 10.1. The molecule has 0 aliphatic carbocycles. The van der Waals surface area contributed by atoms with Crippen molar-refractivity contribution in [3.8, 4) is 5.75 Å². The smallest absolute Gasteiger partial charge is 0.251 e. The molecule has 23 heavy (non-hydrogen) atoms. The molecular formula is C18H20N2O3. The zero-order valence-corrected chi connectivity index (χ0v) is 13.3. The summed E-state index contributed by atoms with van der Waals surface area (Å²) in [5, 5.41) is 5.38. The van der Waals surface area contributed by atoms with Crippen LogP contribution in [0.4, 0.5) is 0 Å². The van der Waals surface area contributed by atoms with E-state index >= 15 is 0 Å². The fourth-order valence-electron chi connectivity index (χ4n) is 2.19. The minimum absolute atomic E-state index is 0.0671. The summed E-state index contributed by atoms with van der Waals surface area (Å²) in [6.07, 6.45) is 0. The van der Waals surface area contributed by atoms with E-state index in [9.17, 15) is 9.59 Å². The van der Waals surface area contributed by atoms with Gasteiger partial charge in [-0.1, -0.05) is 36.4 Å². The fraction of sp³-hybridized carbons (Fsp3) is 0.222. The van der Waals surface area contributed by atoms with Crippen molar-refractivity contribution in [2.24, 2.45) is 0 Å². The highest BCUT2D eigenvalue weighted by Gasteiger charge is 2.10. The average molecular weight is 312 g/mol. The SMILES string of the molecule is COc1ccccc1CNC(=O)CNC(=O)c1ccccc1C. The van der Waals surface area contributed by atoms with E-state index in [4.69, 9.17) is 4.74 Å². The van der Waals surface area contributed by atoms with Crippen LogP contribution in [0.5, 0.6) is 5.75 Å². The molecule has 0 bridgehead atoms. The molecule has 2 aromatic rings. The Morgan fingerprint density at radius 3 is 2.43 bits per heavy atom. The van der Waals surface area contributed by atoms with Gasteiger partial charge in [-0.3, -0.25) is 9.59 Å². The number of methoxy groups -OCH3 is 1. The highest BCUT2D eigenvalue weighted by atomic mass is 16.5. The predicted molar refractivity (Wildman–Crippen MR) is 88.4 cm³/mol. The van der Waals surface area contributed by atoms with Gasteiger partial charge in [0.1, 0.15) is 5.75 Å². The molecular weight excluding hydrogens is 292 g/mol. The number of rotatable bonds is 6. The van der Waals surface area contributed by atoms with Gasteiger partial charge in [0.25, 0.3) is 5.91 Å². The number of nitrogens with one attached hydrogen (secondary N) is 2. The van der Waals surface area contributed by atoms with E-state index in [2.05, 4.69) is 10.6 Å². The summed E-state index contributed by atoms with van der Waals surface area (Å²) >= 11 is 0. The molecule has 0 spiro atoms. The van der Waals surface area contributed by atoms with Gasteiger partial charge in [-0.2, -0.15) is 0 Å². The molecule has 0 unspecified atom stereocenters. The van der Waals surface area contributed by atoms with Crippen molar-refractivity contribution in [2.75, 3.05) is 13.7 Å². The molecule has 0 aliphatic heterocycles. The molecule has 0 saturated heterocycles. The molecule has 0 saturated carbocycles. The quantitative estimate of drug-likeness (QED) is 0.858. The molecule has 5 heteroatoms. The van der Waals surface area contributed by atoms with E-state index in [-0.39, 0.29) is 18.4 Å². The third kappa shape index (κ3) is 4.57. The lowest BCUT2D eigenvalue weighted by Crippen LogP contribution is -2.36. The highest BCUT2D eigenvalue weighted by Crippen LogP contribution is 2.16. The van der Waals surface area contributed by atoms with Crippen LogP contribution in [0.25, 0.3) is 0 Å². The Bertz CT molecular complexity index is 698. The van der Waals surface area contributed by atoms with Gasteiger partial charge in [0, 0.05) is 17.7 Å². The van der Waals surface area contributed by atoms with Crippen LogP contribution in [0.15, 0.2) is 48.5 Å². The lowest BCUT2D eigenvalue weighted by molar-refractivity contribution is -0.120. The van der Waals surface area contributed by atoms with E-state index < -0.39 is 0 Å². The van der Waals surface area contributed by atoms with Gasteiger partial charge in [0.2, 0.25) is 5.91 Å². The van der Waals surface area contributed by atoms with Crippen molar-refractivity contribution in [3.63, 3.8) is 0 Å². The second kappa shape index (κ2) is 7.98. The van der Waals surface area contributed by atoms with Gasteiger partial charge in [-0.25, -0.2) is 0 Å². The normalized spacial score (nSPS) is 10.0. The zero-order valence-electron chi connectivity index (χ0n) is 13.3. The lowest BCUT2D eigenvalue weighted by Gasteiger charge is -2.10. The molecule has 0 aromatic heterocycles. The first-order valence-electron chi connectivity index (χ1n) is 7.34. The molecule has 0 fully saturated rings. The third-order valence-electron chi connectivity index (χ3n) is 3.47. The molecule has 2 rings (SSSR count). The van der Waals surface area contributed by atoms with Crippen molar-refractivity contribution in [2.45, 2.75) is 13.5 Å². The van der Waals surface area contributed by atoms with Gasteiger partial charge in [-0.15, -0.1) is 0 Å². The van der Waals surface area contributed by atoms with Crippen LogP contribution >= 0.6 is 0 Å². The fourth-order valence-corrected chi connectivity index (χ4v) is 2.19. The van der Waals surface area contributed by atoms with E-state index in [0.717, 1.165) is 16.9 Å². The maximum Gasteiger partial charge on any atom is 0.251 e. The van der Waals surface area contributed by atoms with Crippen molar-refractivity contribution < 1.29 is 14.3 Å². The second-order valence-corrected chi connectivity index (χ2v) is 5.09. The number of hydrogen-bond acceptors (Lipinski definition) is 3. The third-order valence-corrected chi connectivity index (χ3v) is 3.47. The van der Waals surface area contributed by atoms with E-state index in [0.29, 0.717) is 12.1 Å². The standard InChI is InChI=1S/C18H20N2O3/c1-13-7-3-5-9-15(13)18(22)20-12-17(21)19-11-14-8-4-6-10-16(14)23-2/h3-10H,11-12H2,1-2H3,(H,19,21)(H,20,22). The van der Waals surface area contributed by atoms with Crippen molar-refractivity contribution in [3.05, 3.63) is 65.2 Å². The number of amides is 2. The van der Waals surface area contributed by atoms with Gasteiger partial charge >= 0.3 is 0 Å². The molecule has 0 atom stereocenters. The topological polar surface area (TPSA) is 67.4 Å². The Morgan fingerprint density at radius 1 is 1.00 bits per heavy atom. The van der Waals surface area contributed by atoms with E-state index in [1.807, 2.05) is 43.3 Å². The Labute approximate surface area is 135 Å². The van der Waals surface area contributed by atoms with Crippen LogP contribution in [-0.2, 0) is 11.3 Å². The second-order valence-electron chi connectivity index (χ2n) is 5.09. The maximum absolute atomic E-state index is 12.0. The molecule has 0 aliphatic rings. The summed E-state index contributed by atoms with van der Waals surface area (Å²) in [6.45, 7) is 2.14. The van der Waals surface area contributed by atoms with Gasteiger partial charge < -0.3 is 15.4 Å². The number of carbonyl (C=O) groups excluding carboxylic acids is 2. The average Bonchev–Trinajstić information content (AvgIpc) is 2.58. The van der Waals surface area contributed by atoms with E-state index in [1.165, 1.54) is 0 Å². The van der Waals surface area contributed by atoms with Gasteiger partial charge in [0.15, 0.2) is 0 Å².